The first-order chi connectivity index (χ1) is 4.84. The van der Waals surface area contributed by atoms with Gasteiger partial charge in [0.2, 0.25) is 0 Å². The minimum absolute atomic E-state index is 0.727. The van der Waals surface area contributed by atoms with Gasteiger partial charge < -0.3 is 9.30 Å². The number of hydrogen-bond donors (Lipinski definition) is 0. The summed E-state index contributed by atoms with van der Waals surface area (Å²) in [7, 11) is 1.69. The quantitative estimate of drug-likeness (QED) is 0.614. The molecule has 0 amide bonds. The van der Waals surface area contributed by atoms with Gasteiger partial charge in [0.15, 0.2) is 0 Å². The first kappa shape index (κ1) is 7.28. The van der Waals surface area contributed by atoms with Crippen molar-refractivity contribution in [1.82, 2.24) is 9.55 Å². The topological polar surface area (TPSA) is 27.1 Å². The molecule has 3 heteroatoms. The van der Waals surface area contributed by atoms with E-state index >= 15 is 0 Å². The van der Waals surface area contributed by atoms with Crippen LogP contribution in [0.5, 0.6) is 0 Å². The predicted molar refractivity (Wildman–Crippen MR) is 37.7 cm³/mol. The summed E-state index contributed by atoms with van der Waals surface area (Å²) in [5.41, 5.74) is 0. The molecule has 0 saturated carbocycles. The molecule has 55 valence electrons. The van der Waals surface area contributed by atoms with E-state index in [1.165, 1.54) is 0 Å². The molecule has 0 saturated heterocycles. The highest BCUT2D eigenvalue weighted by atomic mass is 16.5. The minimum atomic E-state index is 0.727. The summed E-state index contributed by atoms with van der Waals surface area (Å²) >= 11 is 0. The molecule has 0 atom stereocenters. The number of imidazole rings is 1. The number of nitrogens with zero attached hydrogens (tertiary/aromatic N) is 2. The Hall–Kier alpha value is -0.830. The first-order valence-electron chi connectivity index (χ1n) is 3.23. The summed E-state index contributed by atoms with van der Waals surface area (Å²) in [6.45, 7) is 3.54. The van der Waals surface area contributed by atoms with Crippen LogP contribution in [0.1, 0.15) is 5.82 Å². The smallest absolute Gasteiger partial charge is 0.109 e. The van der Waals surface area contributed by atoms with Crippen molar-refractivity contribution in [3.8, 4) is 0 Å². The van der Waals surface area contributed by atoms with Gasteiger partial charge in [-0.15, -0.1) is 0 Å². The van der Waals surface area contributed by atoms with Gasteiger partial charge >= 0.3 is 0 Å². The van der Waals surface area contributed by atoms with Gasteiger partial charge in [-0.05, 0) is 6.92 Å². The molecule has 0 bridgehead atoms. The Bertz CT molecular complexity index is 195. The van der Waals surface area contributed by atoms with Crippen LogP contribution in [-0.4, -0.2) is 23.3 Å². The van der Waals surface area contributed by atoms with Crippen LogP contribution >= 0.6 is 0 Å². The van der Waals surface area contributed by atoms with E-state index in [0.717, 1.165) is 19.0 Å². The third-order valence-electron chi connectivity index (χ3n) is 1.39. The molecule has 0 N–H and O–H groups in total. The van der Waals surface area contributed by atoms with Crippen LogP contribution in [0.25, 0.3) is 0 Å². The van der Waals surface area contributed by atoms with E-state index in [2.05, 4.69) is 11.2 Å². The maximum atomic E-state index is 4.91. The number of aryl methyl sites for hydroxylation is 1. The Morgan fingerprint density at radius 2 is 2.60 bits per heavy atom. The highest BCUT2D eigenvalue weighted by Gasteiger charge is 1.93. The van der Waals surface area contributed by atoms with E-state index in [9.17, 15) is 0 Å². The van der Waals surface area contributed by atoms with Gasteiger partial charge in [-0.25, -0.2) is 4.98 Å². The minimum Gasteiger partial charge on any atom is -0.383 e. The highest BCUT2D eigenvalue weighted by Crippen LogP contribution is 1.92. The number of ether oxygens (including phenoxy) is 1. The van der Waals surface area contributed by atoms with Crippen molar-refractivity contribution >= 4 is 0 Å². The standard InChI is InChI=1S/C7H11N2O/c1-7-8-3-4-9(7)5-6-10-2/h4H,5-6H2,1-2H3. The Morgan fingerprint density at radius 3 is 3.10 bits per heavy atom. The molecular weight excluding hydrogens is 128 g/mol. The van der Waals surface area contributed by atoms with Gasteiger partial charge in [-0.2, -0.15) is 0 Å². The average molecular weight is 139 g/mol. The van der Waals surface area contributed by atoms with Crippen molar-refractivity contribution in [2.45, 2.75) is 13.5 Å². The lowest BCUT2D eigenvalue weighted by atomic mass is 10.6. The van der Waals surface area contributed by atoms with Crippen LogP contribution in [0.4, 0.5) is 0 Å². The van der Waals surface area contributed by atoms with Crippen LogP contribution in [0, 0.1) is 13.1 Å². The Morgan fingerprint density at radius 1 is 1.80 bits per heavy atom. The maximum Gasteiger partial charge on any atom is 0.109 e. The van der Waals surface area contributed by atoms with Crippen molar-refractivity contribution in [2.24, 2.45) is 0 Å². The number of methoxy groups -OCH3 is 1. The van der Waals surface area contributed by atoms with Gasteiger partial charge in [0.25, 0.3) is 0 Å². The second-order valence-electron chi connectivity index (χ2n) is 2.10. The van der Waals surface area contributed by atoms with E-state index in [0.29, 0.717) is 0 Å². The van der Waals surface area contributed by atoms with Crippen molar-refractivity contribution in [2.75, 3.05) is 13.7 Å². The van der Waals surface area contributed by atoms with E-state index in [4.69, 9.17) is 4.74 Å². The van der Waals surface area contributed by atoms with E-state index < -0.39 is 0 Å². The molecule has 10 heavy (non-hydrogen) atoms. The monoisotopic (exact) mass is 139 g/mol. The van der Waals surface area contributed by atoms with Gasteiger partial charge in [0, 0.05) is 19.9 Å². The van der Waals surface area contributed by atoms with Gasteiger partial charge in [-0.3, -0.25) is 0 Å². The average Bonchev–Trinajstić information content (AvgIpc) is 2.31. The molecule has 0 aliphatic heterocycles. The molecule has 0 aliphatic rings. The lowest BCUT2D eigenvalue weighted by molar-refractivity contribution is 0.186. The second-order valence-corrected chi connectivity index (χ2v) is 2.10. The molecule has 1 rings (SSSR count). The third-order valence-corrected chi connectivity index (χ3v) is 1.39. The van der Waals surface area contributed by atoms with Crippen molar-refractivity contribution in [1.29, 1.82) is 0 Å². The van der Waals surface area contributed by atoms with Gasteiger partial charge in [0.1, 0.15) is 12.0 Å². The van der Waals surface area contributed by atoms with E-state index in [1.807, 2.05) is 17.7 Å². The molecule has 0 fully saturated rings. The lowest BCUT2D eigenvalue weighted by Gasteiger charge is -2.01. The molecule has 1 aromatic heterocycles. The van der Waals surface area contributed by atoms with Crippen LogP contribution < -0.4 is 0 Å². The molecule has 1 heterocycles. The van der Waals surface area contributed by atoms with Crippen molar-refractivity contribution in [3.05, 3.63) is 18.2 Å². The summed E-state index contributed by atoms with van der Waals surface area (Å²) in [5.74, 6) is 0.983. The number of aromatic nitrogens is 2. The lowest BCUT2D eigenvalue weighted by Crippen LogP contribution is -2.04. The van der Waals surface area contributed by atoms with Crippen LogP contribution in [-0.2, 0) is 11.3 Å². The zero-order valence-electron chi connectivity index (χ0n) is 6.29. The van der Waals surface area contributed by atoms with Crippen LogP contribution in [0.2, 0.25) is 0 Å². The predicted octanol–water partition coefficient (Wildman–Crippen LogP) is 0.638. The Balaban J connectivity index is 2.49. The summed E-state index contributed by atoms with van der Waals surface area (Å²) in [6.07, 6.45) is 4.59. The highest BCUT2D eigenvalue weighted by molar-refractivity contribution is 4.86. The fourth-order valence-electron chi connectivity index (χ4n) is 0.766. The van der Waals surface area contributed by atoms with E-state index in [1.54, 1.807) is 7.11 Å². The van der Waals surface area contributed by atoms with E-state index in [-0.39, 0.29) is 0 Å². The summed E-state index contributed by atoms with van der Waals surface area (Å²) in [6, 6.07) is 0. The SMILES string of the molecule is COCCn1c[c]nc1C. The molecule has 0 aromatic carbocycles. The molecule has 3 nitrogen and oxygen atoms in total. The largest absolute Gasteiger partial charge is 0.383 e. The Labute approximate surface area is 60.6 Å². The number of rotatable bonds is 3. The van der Waals surface area contributed by atoms with Crippen LogP contribution in [0.15, 0.2) is 6.20 Å². The van der Waals surface area contributed by atoms with Gasteiger partial charge in [0.05, 0.1) is 6.61 Å². The molecule has 0 aliphatic carbocycles. The van der Waals surface area contributed by atoms with Crippen LogP contribution in [0.3, 0.4) is 0 Å². The van der Waals surface area contributed by atoms with Crippen molar-refractivity contribution in [3.63, 3.8) is 0 Å². The molecule has 1 radical (unpaired) electrons. The summed E-state index contributed by atoms with van der Waals surface area (Å²) < 4.78 is 6.91. The number of hydrogen-bond acceptors (Lipinski definition) is 2. The Kier molecular flexibility index (Phi) is 2.45. The normalized spacial score (nSPS) is 10.2. The summed E-state index contributed by atoms with van der Waals surface area (Å²) in [5, 5.41) is 0. The molecule has 1 aromatic rings. The third kappa shape index (κ3) is 1.57. The zero-order chi connectivity index (χ0) is 7.40. The summed E-state index contributed by atoms with van der Waals surface area (Å²) in [4.78, 5) is 3.95. The second kappa shape index (κ2) is 3.37. The zero-order valence-corrected chi connectivity index (χ0v) is 6.29. The fourth-order valence-corrected chi connectivity index (χ4v) is 0.766. The maximum absolute atomic E-state index is 4.91. The van der Waals surface area contributed by atoms with Crippen molar-refractivity contribution < 1.29 is 4.74 Å². The van der Waals surface area contributed by atoms with Gasteiger partial charge in [-0.1, -0.05) is 0 Å². The molecule has 0 spiro atoms. The molecular formula is C7H11N2O. The fraction of sp³-hybridized carbons (Fsp3) is 0.571. The first-order valence-corrected chi connectivity index (χ1v) is 3.23. The molecule has 0 unspecified atom stereocenters.